The Morgan fingerprint density at radius 2 is 1.20 bits per heavy atom. The van der Waals surface area contributed by atoms with Crippen LogP contribution in [-0.4, -0.2) is 23.9 Å². The van der Waals surface area contributed by atoms with Crippen LogP contribution in [0.5, 0.6) is 11.5 Å². The number of nitrogens with zero attached hydrogens (tertiary/aromatic N) is 5. The molecule has 238 valence electrons. The molecule has 5 heterocycles. The van der Waals surface area contributed by atoms with E-state index in [9.17, 15) is 0 Å². The molecule has 0 aliphatic carbocycles. The van der Waals surface area contributed by atoms with Crippen LogP contribution >= 0.6 is 0 Å². The number of pyridine rings is 3. The van der Waals surface area contributed by atoms with Crippen molar-refractivity contribution in [3.05, 3.63) is 139 Å². The van der Waals surface area contributed by atoms with Crippen molar-refractivity contribution < 1.29 is 4.74 Å². The van der Waals surface area contributed by atoms with E-state index in [0.717, 1.165) is 66.9 Å². The Kier molecular flexibility index (Phi) is 6.73. The molecule has 9 aromatic rings. The quantitative estimate of drug-likeness (QED) is 0.170. The second-order valence-corrected chi connectivity index (χ2v) is 13.3. The molecule has 0 spiro atoms. The van der Waals surface area contributed by atoms with E-state index < -0.39 is 0 Å². The lowest BCUT2D eigenvalue weighted by Gasteiger charge is -2.20. The van der Waals surface area contributed by atoms with E-state index in [2.05, 4.69) is 114 Å². The lowest BCUT2D eigenvalue weighted by Crippen LogP contribution is -2.03. The zero-order valence-corrected chi connectivity index (χ0v) is 27.9. The lowest BCUT2D eigenvalue weighted by atomic mass is 9.87. The first-order valence-electron chi connectivity index (χ1n) is 16.9. The van der Waals surface area contributed by atoms with Crippen LogP contribution in [0.15, 0.2) is 128 Å². The van der Waals surface area contributed by atoms with Gasteiger partial charge in [-0.2, -0.15) is 0 Å². The maximum Gasteiger partial charge on any atom is 0.146 e. The number of para-hydroxylation sites is 1. The first-order valence-corrected chi connectivity index (χ1v) is 16.9. The standard InChI is InChI=1S/C43H35N5O/c1-26(2)30-12-9-13-31(27(3)4)41(30)39-25-46-43-36-23-28(17-19-32(36)35-14-10-22-45-42(35)48(39)43)49-29-18-20-34-33-11-5-6-15-37(33)47(38(34)24-29)40-16-7-8-21-44-40/h5-27H,1-4H3. The largest absolute Gasteiger partial charge is 0.457 e. The third kappa shape index (κ3) is 4.59. The van der Waals surface area contributed by atoms with Gasteiger partial charge in [0.2, 0.25) is 0 Å². The van der Waals surface area contributed by atoms with Gasteiger partial charge < -0.3 is 4.74 Å². The molecule has 0 bridgehead atoms. The van der Waals surface area contributed by atoms with Crippen molar-refractivity contribution in [3.8, 4) is 28.6 Å². The van der Waals surface area contributed by atoms with Crippen LogP contribution in [0, 0.1) is 0 Å². The number of aromatic nitrogens is 5. The molecule has 0 aliphatic heterocycles. The molecule has 4 aromatic carbocycles. The van der Waals surface area contributed by atoms with E-state index in [4.69, 9.17) is 14.7 Å². The van der Waals surface area contributed by atoms with E-state index in [1.807, 2.05) is 55.0 Å². The molecule has 0 atom stereocenters. The van der Waals surface area contributed by atoms with Crippen LogP contribution < -0.4 is 4.74 Å². The molecular formula is C43H35N5O. The highest BCUT2D eigenvalue weighted by Gasteiger charge is 2.22. The first-order chi connectivity index (χ1) is 24.0. The maximum absolute atomic E-state index is 6.65. The monoisotopic (exact) mass is 637 g/mol. The lowest BCUT2D eigenvalue weighted by molar-refractivity contribution is 0.484. The summed E-state index contributed by atoms with van der Waals surface area (Å²) in [7, 11) is 0. The van der Waals surface area contributed by atoms with Gasteiger partial charge in [0.25, 0.3) is 0 Å². The van der Waals surface area contributed by atoms with Crippen molar-refractivity contribution in [2.45, 2.75) is 39.5 Å². The fourth-order valence-electron chi connectivity index (χ4n) is 7.45. The summed E-state index contributed by atoms with van der Waals surface area (Å²) in [5, 5.41) is 5.51. The number of rotatable bonds is 6. The van der Waals surface area contributed by atoms with E-state index in [-0.39, 0.29) is 0 Å². The van der Waals surface area contributed by atoms with Crippen LogP contribution in [0.1, 0.15) is 50.7 Å². The van der Waals surface area contributed by atoms with E-state index in [1.54, 1.807) is 0 Å². The predicted molar refractivity (Wildman–Crippen MR) is 200 cm³/mol. The molecule has 49 heavy (non-hydrogen) atoms. The zero-order chi connectivity index (χ0) is 33.2. The van der Waals surface area contributed by atoms with Crippen molar-refractivity contribution in [2.75, 3.05) is 0 Å². The topological polar surface area (TPSA) is 57.2 Å². The molecule has 9 rings (SSSR count). The highest BCUT2D eigenvalue weighted by Crippen LogP contribution is 2.41. The van der Waals surface area contributed by atoms with Gasteiger partial charge >= 0.3 is 0 Å². The van der Waals surface area contributed by atoms with Gasteiger partial charge in [0.15, 0.2) is 0 Å². The molecule has 0 N–H and O–H groups in total. The first kappa shape index (κ1) is 29.2. The number of hydrogen-bond acceptors (Lipinski definition) is 4. The Morgan fingerprint density at radius 3 is 1.98 bits per heavy atom. The number of fused-ring (bicyclic) bond motifs is 9. The summed E-state index contributed by atoms with van der Waals surface area (Å²) in [4.78, 5) is 14.7. The second-order valence-electron chi connectivity index (χ2n) is 13.3. The van der Waals surface area contributed by atoms with Crippen molar-refractivity contribution in [3.63, 3.8) is 0 Å². The van der Waals surface area contributed by atoms with Crippen LogP contribution in [-0.2, 0) is 0 Å². The molecule has 0 radical (unpaired) electrons. The molecule has 6 heteroatoms. The third-order valence-electron chi connectivity index (χ3n) is 9.67. The van der Waals surface area contributed by atoms with Crippen molar-refractivity contribution in [2.24, 2.45) is 0 Å². The SMILES string of the molecule is CC(C)c1cccc(C(C)C)c1-c1cnc2c3cc(Oc4ccc5c6ccccc6n(-c6ccccn6)c5c4)ccc3c3cccnc3n12. The minimum atomic E-state index is 0.354. The van der Waals surface area contributed by atoms with E-state index >= 15 is 0 Å². The molecule has 0 aliphatic rings. The zero-order valence-electron chi connectivity index (χ0n) is 27.9. The van der Waals surface area contributed by atoms with E-state index in [1.165, 1.54) is 22.1 Å². The Morgan fingerprint density at radius 1 is 0.531 bits per heavy atom. The summed E-state index contributed by atoms with van der Waals surface area (Å²) in [5.74, 6) is 3.07. The number of benzene rings is 4. The Balaban J connectivity index is 1.23. The van der Waals surface area contributed by atoms with Gasteiger partial charge in [-0.3, -0.25) is 8.97 Å². The molecule has 0 fully saturated rings. The summed E-state index contributed by atoms with van der Waals surface area (Å²) in [5.41, 5.74) is 8.84. The van der Waals surface area contributed by atoms with Crippen LogP contribution in [0.3, 0.4) is 0 Å². The average molecular weight is 638 g/mol. The van der Waals surface area contributed by atoms with Gasteiger partial charge in [-0.15, -0.1) is 0 Å². The van der Waals surface area contributed by atoms with Gasteiger partial charge in [0, 0.05) is 45.6 Å². The summed E-state index contributed by atoms with van der Waals surface area (Å²) in [6.45, 7) is 9.03. The number of imidazole rings is 1. The van der Waals surface area contributed by atoms with Crippen molar-refractivity contribution >= 4 is 49.3 Å². The highest BCUT2D eigenvalue weighted by atomic mass is 16.5. The normalized spacial score (nSPS) is 12.0. The molecule has 0 unspecified atom stereocenters. The summed E-state index contributed by atoms with van der Waals surface area (Å²) in [6, 6.07) is 37.9. The Bertz CT molecular complexity index is 2680. The smallest absolute Gasteiger partial charge is 0.146 e. The van der Waals surface area contributed by atoms with Crippen molar-refractivity contribution in [1.82, 2.24) is 23.9 Å². The minimum absolute atomic E-state index is 0.354. The van der Waals surface area contributed by atoms with Gasteiger partial charge in [-0.25, -0.2) is 15.0 Å². The molecule has 5 aromatic heterocycles. The van der Waals surface area contributed by atoms with Gasteiger partial charge in [-0.05, 0) is 89.0 Å². The van der Waals surface area contributed by atoms with Gasteiger partial charge in [0.05, 0.1) is 22.9 Å². The Labute approximate surface area is 284 Å². The fraction of sp³-hybridized carbons (Fsp3) is 0.140. The number of hydrogen-bond donors (Lipinski definition) is 0. The maximum atomic E-state index is 6.65. The summed E-state index contributed by atoms with van der Waals surface area (Å²) < 4.78 is 11.1. The predicted octanol–water partition coefficient (Wildman–Crippen LogP) is 11.2. The fourth-order valence-corrected chi connectivity index (χ4v) is 7.45. The van der Waals surface area contributed by atoms with Crippen molar-refractivity contribution in [1.29, 1.82) is 0 Å². The molecule has 6 nitrogen and oxygen atoms in total. The Hall–Kier alpha value is -6.01. The minimum Gasteiger partial charge on any atom is -0.457 e. The third-order valence-corrected chi connectivity index (χ3v) is 9.67. The summed E-state index contributed by atoms with van der Waals surface area (Å²) >= 11 is 0. The number of ether oxygens (including phenoxy) is 1. The second kappa shape index (κ2) is 11.3. The molecular weight excluding hydrogens is 603 g/mol. The van der Waals surface area contributed by atoms with Crippen LogP contribution in [0.25, 0.3) is 66.3 Å². The molecule has 0 amide bonds. The van der Waals surface area contributed by atoms with E-state index in [0.29, 0.717) is 11.8 Å². The molecule has 0 saturated heterocycles. The highest BCUT2D eigenvalue weighted by molar-refractivity contribution is 6.12. The summed E-state index contributed by atoms with van der Waals surface area (Å²) in [6.07, 6.45) is 5.72. The average Bonchev–Trinajstić information content (AvgIpc) is 3.72. The van der Waals surface area contributed by atoms with Crippen LogP contribution in [0.4, 0.5) is 0 Å². The molecule has 0 saturated carbocycles. The van der Waals surface area contributed by atoms with Crippen LogP contribution in [0.2, 0.25) is 0 Å². The van der Waals surface area contributed by atoms with Gasteiger partial charge in [0.1, 0.15) is 28.6 Å². The van der Waals surface area contributed by atoms with Gasteiger partial charge in [-0.1, -0.05) is 70.2 Å².